The Hall–Kier alpha value is -1.14. The molecule has 0 bridgehead atoms. The van der Waals surface area contributed by atoms with E-state index in [4.69, 9.17) is 14.3 Å². The molecule has 6 heteroatoms. The van der Waals surface area contributed by atoms with Crippen LogP contribution in [0.15, 0.2) is 0 Å². The van der Waals surface area contributed by atoms with E-state index in [9.17, 15) is 9.59 Å². The lowest BCUT2D eigenvalue weighted by Gasteiger charge is -2.30. The van der Waals surface area contributed by atoms with Gasteiger partial charge in [0.05, 0.1) is 19.8 Å². The quantitative estimate of drug-likeness (QED) is 0.669. The number of hydrogen-bond donors (Lipinski definition) is 0. The number of rotatable bonds is 3. The predicted molar refractivity (Wildman–Crippen MR) is 58.9 cm³/mol. The van der Waals surface area contributed by atoms with Crippen molar-refractivity contribution in [2.45, 2.75) is 32.4 Å². The standard InChI is InChI=1S/C11H19NO5/c1-6-16-10(14)11(3)8(9(13)15-5)7(2)17-12(11)4/h7-8H,6H2,1-5H3/t7-,8+,11-/m0/s1. The highest BCUT2D eigenvalue weighted by Gasteiger charge is 2.59. The van der Waals surface area contributed by atoms with Gasteiger partial charge in [-0.05, 0) is 20.8 Å². The molecule has 0 aromatic rings. The summed E-state index contributed by atoms with van der Waals surface area (Å²) in [5.74, 6) is -1.66. The molecule has 0 amide bonds. The van der Waals surface area contributed by atoms with Crippen molar-refractivity contribution in [3.63, 3.8) is 0 Å². The maximum atomic E-state index is 12.0. The first-order valence-electron chi connectivity index (χ1n) is 5.55. The Bertz CT molecular complexity index is 319. The summed E-state index contributed by atoms with van der Waals surface area (Å²) >= 11 is 0. The fourth-order valence-electron chi connectivity index (χ4n) is 2.15. The highest BCUT2D eigenvalue weighted by atomic mass is 16.7. The van der Waals surface area contributed by atoms with Gasteiger partial charge in [-0.25, -0.2) is 4.79 Å². The molecule has 1 heterocycles. The van der Waals surface area contributed by atoms with Gasteiger partial charge in [0.2, 0.25) is 0 Å². The molecule has 6 nitrogen and oxygen atoms in total. The molecule has 0 spiro atoms. The summed E-state index contributed by atoms with van der Waals surface area (Å²) in [4.78, 5) is 29.2. The molecular weight excluding hydrogens is 226 g/mol. The molecule has 1 aliphatic rings. The van der Waals surface area contributed by atoms with Crippen LogP contribution in [0.1, 0.15) is 20.8 Å². The smallest absolute Gasteiger partial charge is 0.329 e. The van der Waals surface area contributed by atoms with Crippen LogP contribution >= 0.6 is 0 Å². The third-order valence-corrected chi connectivity index (χ3v) is 3.20. The largest absolute Gasteiger partial charge is 0.469 e. The molecule has 0 aromatic carbocycles. The van der Waals surface area contributed by atoms with E-state index in [1.165, 1.54) is 12.2 Å². The van der Waals surface area contributed by atoms with Gasteiger partial charge in [0.15, 0.2) is 5.54 Å². The van der Waals surface area contributed by atoms with Gasteiger partial charge in [-0.2, -0.15) is 5.06 Å². The van der Waals surface area contributed by atoms with Crippen molar-refractivity contribution < 1.29 is 23.9 Å². The van der Waals surface area contributed by atoms with Gasteiger partial charge >= 0.3 is 11.9 Å². The van der Waals surface area contributed by atoms with E-state index in [0.29, 0.717) is 0 Å². The Morgan fingerprint density at radius 3 is 2.53 bits per heavy atom. The number of carbonyl (C=O) groups excluding carboxylic acids is 2. The van der Waals surface area contributed by atoms with Gasteiger partial charge in [-0.1, -0.05) is 0 Å². The van der Waals surface area contributed by atoms with E-state index in [2.05, 4.69) is 0 Å². The second kappa shape index (κ2) is 5.01. The maximum Gasteiger partial charge on any atom is 0.329 e. The third kappa shape index (κ3) is 2.14. The summed E-state index contributed by atoms with van der Waals surface area (Å²) in [5, 5.41) is 1.37. The van der Waals surface area contributed by atoms with Crippen molar-refractivity contribution in [1.82, 2.24) is 5.06 Å². The maximum absolute atomic E-state index is 12.0. The number of hydrogen-bond acceptors (Lipinski definition) is 6. The molecule has 0 saturated carbocycles. The third-order valence-electron chi connectivity index (χ3n) is 3.20. The van der Waals surface area contributed by atoms with E-state index < -0.39 is 29.5 Å². The zero-order chi connectivity index (χ0) is 13.2. The summed E-state index contributed by atoms with van der Waals surface area (Å²) < 4.78 is 9.73. The Balaban J connectivity index is 3.07. The predicted octanol–water partition coefficient (Wildman–Crippen LogP) is 0.363. The summed E-state index contributed by atoms with van der Waals surface area (Å²) in [7, 11) is 2.90. The summed E-state index contributed by atoms with van der Waals surface area (Å²) in [5.41, 5.74) is -1.15. The van der Waals surface area contributed by atoms with Crippen molar-refractivity contribution in [1.29, 1.82) is 0 Å². The van der Waals surface area contributed by atoms with Crippen LogP contribution in [0.3, 0.4) is 0 Å². The highest BCUT2D eigenvalue weighted by molar-refractivity contribution is 5.89. The van der Waals surface area contributed by atoms with Gasteiger partial charge in [-0.3, -0.25) is 9.63 Å². The molecule has 0 aromatic heterocycles. The van der Waals surface area contributed by atoms with Crippen LogP contribution in [0.2, 0.25) is 0 Å². The lowest BCUT2D eigenvalue weighted by Crippen LogP contribution is -2.54. The first kappa shape index (κ1) is 13.9. The fraction of sp³-hybridized carbons (Fsp3) is 0.818. The molecule has 0 unspecified atom stereocenters. The van der Waals surface area contributed by atoms with Crippen molar-refractivity contribution in [2.24, 2.45) is 5.92 Å². The molecule has 0 radical (unpaired) electrons. The van der Waals surface area contributed by atoms with Gasteiger partial charge in [0.1, 0.15) is 5.92 Å². The van der Waals surface area contributed by atoms with Crippen molar-refractivity contribution in [3.8, 4) is 0 Å². The van der Waals surface area contributed by atoms with Crippen molar-refractivity contribution >= 4 is 11.9 Å². The van der Waals surface area contributed by atoms with Gasteiger partial charge < -0.3 is 9.47 Å². The van der Waals surface area contributed by atoms with Crippen LogP contribution in [0.5, 0.6) is 0 Å². The number of ether oxygens (including phenoxy) is 2. The number of likely N-dealkylation sites (N-methyl/N-ethyl adjacent to an activating group) is 1. The molecule has 1 saturated heterocycles. The summed E-state index contributed by atoms with van der Waals surface area (Å²) in [6, 6.07) is 0. The first-order valence-corrected chi connectivity index (χ1v) is 5.55. The van der Waals surface area contributed by atoms with E-state index in [0.717, 1.165) is 0 Å². The van der Waals surface area contributed by atoms with Crippen LogP contribution in [0.25, 0.3) is 0 Å². The van der Waals surface area contributed by atoms with E-state index in [-0.39, 0.29) is 6.61 Å². The van der Waals surface area contributed by atoms with Crippen LogP contribution in [0, 0.1) is 5.92 Å². The van der Waals surface area contributed by atoms with Crippen LogP contribution in [-0.2, 0) is 23.9 Å². The molecule has 17 heavy (non-hydrogen) atoms. The van der Waals surface area contributed by atoms with Crippen LogP contribution < -0.4 is 0 Å². The highest BCUT2D eigenvalue weighted by Crippen LogP contribution is 2.37. The van der Waals surface area contributed by atoms with Crippen molar-refractivity contribution in [2.75, 3.05) is 20.8 Å². The number of carbonyl (C=O) groups is 2. The molecule has 1 fully saturated rings. The minimum Gasteiger partial charge on any atom is -0.469 e. The average Bonchev–Trinajstić information content (AvgIpc) is 2.50. The Kier molecular flexibility index (Phi) is 4.11. The van der Waals surface area contributed by atoms with E-state index in [1.54, 1.807) is 27.8 Å². The molecular formula is C11H19NO5. The molecule has 1 aliphatic heterocycles. The molecule has 3 atom stereocenters. The second-order valence-electron chi connectivity index (χ2n) is 4.18. The average molecular weight is 245 g/mol. The monoisotopic (exact) mass is 245 g/mol. The SMILES string of the molecule is CCOC(=O)[C@]1(C)[C@@H](C(=O)OC)[C@H](C)ON1C. The normalized spacial score (nSPS) is 33.5. The van der Waals surface area contributed by atoms with Gasteiger partial charge in [0, 0.05) is 7.05 Å². The molecule has 0 aliphatic carbocycles. The van der Waals surface area contributed by atoms with Crippen LogP contribution in [-0.4, -0.2) is 49.4 Å². The van der Waals surface area contributed by atoms with Gasteiger partial charge in [0.25, 0.3) is 0 Å². The Morgan fingerprint density at radius 1 is 1.47 bits per heavy atom. The van der Waals surface area contributed by atoms with Crippen LogP contribution in [0.4, 0.5) is 0 Å². The van der Waals surface area contributed by atoms with E-state index in [1.807, 2.05) is 0 Å². The lowest BCUT2D eigenvalue weighted by atomic mass is 9.83. The van der Waals surface area contributed by atoms with Crippen molar-refractivity contribution in [3.05, 3.63) is 0 Å². The van der Waals surface area contributed by atoms with E-state index >= 15 is 0 Å². The Morgan fingerprint density at radius 2 is 2.06 bits per heavy atom. The summed E-state index contributed by atoms with van der Waals surface area (Å²) in [6.45, 7) is 5.32. The zero-order valence-corrected chi connectivity index (χ0v) is 10.9. The van der Waals surface area contributed by atoms with Gasteiger partial charge in [-0.15, -0.1) is 0 Å². The lowest BCUT2D eigenvalue weighted by molar-refractivity contribution is -0.188. The zero-order valence-electron chi connectivity index (χ0n) is 10.9. The number of nitrogens with zero attached hydrogens (tertiary/aromatic N) is 1. The molecule has 1 rings (SSSR count). The first-order chi connectivity index (χ1) is 7.89. The minimum absolute atomic E-state index is 0.255. The summed E-state index contributed by atoms with van der Waals surface area (Å²) in [6.07, 6.45) is -0.429. The minimum atomic E-state index is -1.15. The Labute approximate surface area is 101 Å². The number of methoxy groups -OCH3 is 1. The molecule has 98 valence electrons. The number of esters is 2. The topological polar surface area (TPSA) is 65.1 Å². The molecule has 0 N–H and O–H groups in total. The number of hydroxylamine groups is 2. The second-order valence-corrected chi connectivity index (χ2v) is 4.18. The fourth-order valence-corrected chi connectivity index (χ4v) is 2.15.